The third-order valence-corrected chi connectivity index (χ3v) is 2.47. The van der Waals surface area contributed by atoms with Crippen LogP contribution in [0, 0.1) is 5.92 Å². The van der Waals surface area contributed by atoms with Crippen molar-refractivity contribution in [3.05, 3.63) is 0 Å². The fraction of sp³-hybridized carbons (Fsp3) is 1.00. The van der Waals surface area contributed by atoms with E-state index < -0.39 is 0 Å². The SMILES string of the molecule is CC(CCl)CN(C)C.CN(C)CCCCl. The first-order chi connectivity index (χ1) is 6.93. The minimum Gasteiger partial charge on any atom is -0.309 e. The molecule has 0 saturated carbocycles. The Morgan fingerprint density at radius 1 is 1.00 bits per heavy atom. The highest BCUT2D eigenvalue weighted by Gasteiger charge is 1.98. The van der Waals surface area contributed by atoms with Crippen molar-refractivity contribution in [3.8, 4) is 0 Å². The molecular formula is C11H26Cl2N2. The van der Waals surface area contributed by atoms with Gasteiger partial charge in [-0.1, -0.05) is 6.92 Å². The van der Waals surface area contributed by atoms with Gasteiger partial charge in [-0.15, -0.1) is 23.2 Å². The average Bonchev–Trinajstić information content (AvgIpc) is 2.14. The van der Waals surface area contributed by atoms with Crippen LogP contribution < -0.4 is 0 Å². The smallest absolute Gasteiger partial charge is 0.0261 e. The van der Waals surface area contributed by atoms with Gasteiger partial charge in [0.2, 0.25) is 0 Å². The van der Waals surface area contributed by atoms with Gasteiger partial charge in [0, 0.05) is 18.3 Å². The summed E-state index contributed by atoms with van der Waals surface area (Å²) in [6, 6.07) is 0. The van der Waals surface area contributed by atoms with Crippen molar-refractivity contribution in [1.29, 1.82) is 0 Å². The van der Waals surface area contributed by atoms with Crippen molar-refractivity contribution in [1.82, 2.24) is 9.80 Å². The number of nitrogens with zero attached hydrogens (tertiary/aromatic N) is 2. The normalized spacial score (nSPS) is 12.6. The summed E-state index contributed by atoms with van der Waals surface area (Å²) in [5, 5.41) is 0. The van der Waals surface area contributed by atoms with Crippen LogP contribution in [0.2, 0.25) is 0 Å². The minimum atomic E-state index is 0.617. The fourth-order valence-electron chi connectivity index (χ4n) is 1.05. The molecule has 0 saturated heterocycles. The molecule has 0 aromatic rings. The van der Waals surface area contributed by atoms with E-state index in [-0.39, 0.29) is 0 Å². The Hall–Kier alpha value is 0.500. The second-order valence-corrected chi connectivity index (χ2v) is 5.05. The van der Waals surface area contributed by atoms with E-state index in [0.29, 0.717) is 5.92 Å². The molecule has 0 aromatic carbocycles. The molecular weight excluding hydrogens is 231 g/mol. The second-order valence-electron chi connectivity index (χ2n) is 4.37. The minimum absolute atomic E-state index is 0.617. The summed E-state index contributed by atoms with van der Waals surface area (Å²) in [5.74, 6) is 2.16. The summed E-state index contributed by atoms with van der Waals surface area (Å²) >= 11 is 11.0. The third kappa shape index (κ3) is 20.5. The van der Waals surface area contributed by atoms with Crippen molar-refractivity contribution < 1.29 is 0 Å². The average molecular weight is 257 g/mol. The molecule has 0 fully saturated rings. The number of hydrogen-bond donors (Lipinski definition) is 0. The van der Waals surface area contributed by atoms with Crippen molar-refractivity contribution in [2.75, 3.05) is 53.0 Å². The summed E-state index contributed by atoms with van der Waals surface area (Å²) in [5.41, 5.74) is 0. The topological polar surface area (TPSA) is 6.48 Å². The van der Waals surface area contributed by atoms with E-state index in [0.717, 1.165) is 31.3 Å². The molecule has 0 radical (unpaired) electrons. The summed E-state index contributed by atoms with van der Waals surface area (Å²) in [7, 11) is 8.21. The highest BCUT2D eigenvalue weighted by molar-refractivity contribution is 6.18. The van der Waals surface area contributed by atoms with E-state index in [4.69, 9.17) is 23.2 Å². The van der Waals surface area contributed by atoms with Gasteiger partial charge in [0.25, 0.3) is 0 Å². The molecule has 4 heteroatoms. The highest BCUT2D eigenvalue weighted by Crippen LogP contribution is 1.97. The zero-order valence-electron chi connectivity index (χ0n) is 10.8. The molecule has 0 aliphatic rings. The largest absolute Gasteiger partial charge is 0.309 e. The Bertz CT molecular complexity index is 119. The number of halogens is 2. The van der Waals surface area contributed by atoms with E-state index in [1.165, 1.54) is 0 Å². The quantitative estimate of drug-likeness (QED) is 0.675. The van der Waals surface area contributed by atoms with Crippen LogP contribution in [0.25, 0.3) is 0 Å². The second kappa shape index (κ2) is 12.6. The first kappa shape index (κ1) is 17.9. The van der Waals surface area contributed by atoms with Gasteiger partial charge < -0.3 is 9.80 Å². The lowest BCUT2D eigenvalue weighted by molar-refractivity contribution is 0.356. The zero-order chi connectivity index (χ0) is 12.3. The standard InChI is InChI=1S/C6H14ClN.C5H12ClN/c1-6(4-7)5-8(2)3;1-7(2)5-3-4-6/h6H,4-5H2,1-3H3;3-5H2,1-2H3. The molecule has 0 bridgehead atoms. The molecule has 15 heavy (non-hydrogen) atoms. The number of alkyl halides is 2. The lowest BCUT2D eigenvalue weighted by Crippen LogP contribution is -2.20. The fourth-order valence-corrected chi connectivity index (χ4v) is 1.27. The van der Waals surface area contributed by atoms with Crippen LogP contribution >= 0.6 is 23.2 Å². The summed E-state index contributed by atoms with van der Waals surface area (Å²) < 4.78 is 0. The molecule has 0 rings (SSSR count). The van der Waals surface area contributed by atoms with Gasteiger partial charge in [0.05, 0.1) is 0 Å². The van der Waals surface area contributed by atoms with Crippen LogP contribution in [0.4, 0.5) is 0 Å². The van der Waals surface area contributed by atoms with Crippen LogP contribution in [0.1, 0.15) is 13.3 Å². The Balaban J connectivity index is 0. The van der Waals surface area contributed by atoms with Gasteiger partial charge in [-0.25, -0.2) is 0 Å². The van der Waals surface area contributed by atoms with Crippen LogP contribution in [0.5, 0.6) is 0 Å². The van der Waals surface area contributed by atoms with Crippen LogP contribution in [-0.4, -0.2) is 62.8 Å². The molecule has 0 aliphatic carbocycles. The number of hydrogen-bond acceptors (Lipinski definition) is 2. The Labute approximate surface area is 106 Å². The van der Waals surface area contributed by atoms with E-state index >= 15 is 0 Å². The van der Waals surface area contributed by atoms with E-state index in [1.54, 1.807) is 0 Å². The lowest BCUT2D eigenvalue weighted by Gasteiger charge is -2.13. The van der Waals surface area contributed by atoms with E-state index in [1.807, 2.05) is 14.1 Å². The van der Waals surface area contributed by atoms with Crippen molar-refractivity contribution in [2.24, 2.45) is 5.92 Å². The Morgan fingerprint density at radius 2 is 1.53 bits per heavy atom. The maximum Gasteiger partial charge on any atom is 0.0261 e. The maximum atomic E-state index is 5.57. The summed E-state index contributed by atoms with van der Waals surface area (Å²) in [6.07, 6.45) is 1.09. The van der Waals surface area contributed by atoms with E-state index in [9.17, 15) is 0 Å². The van der Waals surface area contributed by atoms with Crippen molar-refractivity contribution in [2.45, 2.75) is 13.3 Å². The van der Waals surface area contributed by atoms with Crippen molar-refractivity contribution >= 4 is 23.2 Å². The van der Waals surface area contributed by atoms with Crippen LogP contribution in [-0.2, 0) is 0 Å². The van der Waals surface area contributed by atoms with Crippen molar-refractivity contribution in [3.63, 3.8) is 0 Å². The molecule has 0 aromatic heterocycles. The van der Waals surface area contributed by atoms with Gasteiger partial charge in [0.15, 0.2) is 0 Å². The molecule has 0 heterocycles. The van der Waals surface area contributed by atoms with Gasteiger partial charge in [-0.3, -0.25) is 0 Å². The molecule has 0 N–H and O–H groups in total. The van der Waals surface area contributed by atoms with Gasteiger partial charge >= 0.3 is 0 Å². The molecule has 1 unspecified atom stereocenters. The van der Waals surface area contributed by atoms with Gasteiger partial charge in [0.1, 0.15) is 0 Å². The summed E-state index contributed by atoms with van der Waals surface area (Å²) in [6.45, 7) is 4.33. The molecule has 2 nitrogen and oxygen atoms in total. The zero-order valence-corrected chi connectivity index (χ0v) is 12.3. The number of rotatable bonds is 6. The van der Waals surface area contributed by atoms with Gasteiger partial charge in [-0.05, 0) is 47.1 Å². The predicted octanol–water partition coefficient (Wildman–Crippen LogP) is 2.60. The molecule has 0 aliphatic heterocycles. The van der Waals surface area contributed by atoms with Crippen LogP contribution in [0.3, 0.4) is 0 Å². The molecule has 0 spiro atoms. The van der Waals surface area contributed by atoms with Crippen LogP contribution in [0.15, 0.2) is 0 Å². The first-order valence-corrected chi connectivity index (χ1v) is 6.42. The maximum absolute atomic E-state index is 5.57. The summed E-state index contributed by atoms with van der Waals surface area (Å²) in [4.78, 5) is 4.27. The molecule has 94 valence electrons. The lowest BCUT2D eigenvalue weighted by atomic mass is 10.2. The monoisotopic (exact) mass is 256 g/mol. The Morgan fingerprint density at radius 3 is 1.67 bits per heavy atom. The van der Waals surface area contributed by atoms with E-state index in [2.05, 4.69) is 30.8 Å². The highest BCUT2D eigenvalue weighted by atomic mass is 35.5. The first-order valence-electron chi connectivity index (χ1n) is 5.35. The van der Waals surface area contributed by atoms with Gasteiger partial charge in [-0.2, -0.15) is 0 Å². The molecule has 0 amide bonds. The Kier molecular flexibility index (Phi) is 15.0. The third-order valence-electron chi connectivity index (χ3n) is 1.68. The predicted molar refractivity (Wildman–Crippen MR) is 72.3 cm³/mol. The molecule has 1 atom stereocenters.